The highest BCUT2D eigenvalue weighted by Crippen LogP contribution is 2.36. The molecule has 142 valence electrons. The highest BCUT2D eigenvalue weighted by atomic mass is 16.5. The van der Waals surface area contributed by atoms with E-state index >= 15 is 0 Å². The van der Waals surface area contributed by atoms with Crippen LogP contribution in [-0.2, 0) is 4.74 Å². The van der Waals surface area contributed by atoms with Crippen molar-refractivity contribution in [2.75, 3.05) is 19.7 Å². The average molecular weight is 367 g/mol. The van der Waals surface area contributed by atoms with Crippen molar-refractivity contribution in [1.82, 2.24) is 14.9 Å². The number of hydrogen-bond acceptors (Lipinski definition) is 5. The van der Waals surface area contributed by atoms with Crippen molar-refractivity contribution in [2.24, 2.45) is 0 Å². The molecule has 2 fully saturated rings. The summed E-state index contributed by atoms with van der Waals surface area (Å²) in [6.07, 6.45) is 6.82. The summed E-state index contributed by atoms with van der Waals surface area (Å²) in [6.45, 7) is 4.07. The largest absolute Gasteiger partial charge is 0.474 e. The minimum absolute atomic E-state index is 0.0693. The SMILES string of the molecule is Cc1cccc(OC2CCOC3(CCN(C(=O)c4ccncc4)CC3)C2)n1. The van der Waals surface area contributed by atoms with Crippen molar-refractivity contribution in [3.05, 3.63) is 54.0 Å². The molecule has 2 aromatic heterocycles. The van der Waals surface area contributed by atoms with Crippen molar-refractivity contribution in [3.8, 4) is 5.88 Å². The molecule has 2 saturated heterocycles. The van der Waals surface area contributed by atoms with Crippen LogP contribution in [-0.4, -0.2) is 52.2 Å². The number of piperidine rings is 1. The molecule has 1 atom stereocenters. The van der Waals surface area contributed by atoms with E-state index in [1.54, 1.807) is 24.5 Å². The second-order valence-electron chi connectivity index (χ2n) is 7.41. The molecule has 1 amide bonds. The maximum atomic E-state index is 12.6. The summed E-state index contributed by atoms with van der Waals surface area (Å²) in [6, 6.07) is 9.38. The number of aryl methyl sites for hydroxylation is 1. The van der Waals surface area contributed by atoms with E-state index in [9.17, 15) is 4.79 Å². The number of aromatic nitrogens is 2. The number of ether oxygens (including phenoxy) is 2. The molecule has 1 spiro atoms. The Morgan fingerprint density at radius 2 is 2.00 bits per heavy atom. The zero-order chi connectivity index (χ0) is 18.7. The van der Waals surface area contributed by atoms with Gasteiger partial charge in [-0.15, -0.1) is 0 Å². The maximum Gasteiger partial charge on any atom is 0.253 e. The Kier molecular flexibility index (Phi) is 5.07. The Morgan fingerprint density at radius 1 is 1.22 bits per heavy atom. The smallest absolute Gasteiger partial charge is 0.253 e. The monoisotopic (exact) mass is 367 g/mol. The van der Waals surface area contributed by atoms with Crippen molar-refractivity contribution < 1.29 is 14.3 Å². The van der Waals surface area contributed by atoms with E-state index in [4.69, 9.17) is 9.47 Å². The van der Waals surface area contributed by atoms with Gasteiger partial charge in [-0.05, 0) is 38.0 Å². The molecule has 4 rings (SSSR count). The Balaban J connectivity index is 1.36. The van der Waals surface area contributed by atoms with Gasteiger partial charge in [-0.1, -0.05) is 6.07 Å². The van der Waals surface area contributed by atoms with Crippen LogP contribution < -0.4 is 4.74 Å². The number of amides is 1. The molecule has 0 aliphatic carbocycles. The van der Waals surface area contributed by atoms with E-state index in [1.807, 2.05) is 30.0 Å². The molecule has 6 heteroatoms. The van der Waals surface area contributed by atoms with Gasteiger partial charge in [-0.3, -0.25) is 9.78 Å². The number of pyridine rings is 2. The van der Waals surface area contributed by atoms with Gasteiger partial charge in [0.2, 0.25) is 5.88 Å². The zero-order valence-electron chi connectivity index (χ0n) is 15.6. The lowest BCUT2D eigenvalue weighted by molar-refractivity contribution is -0.135. The minimum Gasteiger partial charge on any atom is -0.474 e. The first kappa shape index (κ1) is 17.9. The van der Waals surface area contributed by atoms with E-state index < -0.39 is 0 Å². The van der Waals surface area contributed by atoms with Crippen LogP contribution in [0.15, 0.2) is 42.7 Å². The van der Waals surface area contributed by atoms with E-state index in [0.717, 1.165) is 31.4 Å². The predicted octanol–water partition coefficient (Wildman–Crippen LogP) is 3.02. The average Bonchev–Trinajstić information content (AvgIpc) is 2.69. The first-order chi connectivity index (χ1) is 13.1. The summed E-state index contributed by atoms with van der Waals surface area (Å²) < 4.78 is 12.3. The minimum atomic E-state index is -0.193. The zero-order valence-corrected chi connectivity index (χ0v) is 15.6. The van der Waals surface area contributed by atoms with Crippen LogP contribution in [0, 0.1) is 6.92 Å². The number of rotatable bonds is 3. The summed E-state index contributed by atoms with van der Waals surface area (Å²) in [4.78, 5) is 23.0. The van der Waals surface area contributed by atoms with Gasteiger partial charge in [0.05, 0.1) is 12.2 Å². The number of nitrogens with zero attached hydrogens (tertiary/aromatic N) is 3. The van der Waals surface area contributed by atoms with Gasteiger partial charge in [0, 0.05) is 55.6 Å². The summed E-state index contributed by atoms with van der Waals surface area (Å²) in [7, 11) is 0. The third-order valence-electron chi connectivity index (χ3n) is 5.49. The molecule has 2 aromatic rings. The lowest BCUT2D eigenvalue weighted by Gasteiger charge is -2.45. The molecule has 4 heterocycles. The summed E-state index contributed by atoms with van der Waals surface area (Å²) in [5.74, 6) is 0.752. The van der Waals surface area contributed by atoms with Crippen LogP contribution in [0.4, 0.5) is 0 Å². The van der Waals surface area contributed by atoms with Crippen molar-refractivity contribution in [2.45, 2.75) is 44.3 Å². The van der Waals surface area contributed by atoms with E-state index in [1.165, 1.54) is 0 Å². The lowest BCUT2D eigenvalue weighted by Crippen LogP contribution is -2.52. The second-order valence-corrected chi connectivity index (χ2v) is 7.41. The first-order valence-corrected chi connectivity index (χ1v) is 9.57. The third-order valence-corrected chi connectivity index (χ3v) is 5.49. The lowest BCUT2D eigenvalue weighted by atomic mass is 9.83. The van der Waals surface area contributed by atoms with Gasteiger partial charge in [0.15, 0.2) is 0 Å². The van der Waals surface area contributed by atoms with Gasteiger partial charge in [0.25, 0.3) is 5.91 Å². The quantitative estimate of drug-likeness (QED) is 0.834. The second kappa shape index (κ2) is 7.64. The van der Waals surface area contributed by atoms with Crippen molar-refractivity contribution >= 4 is 5.91 Å². The van der Waals surface area contributed by atoms with Gasteiger partial charge >= 0.3 is 0 Å². The number of carbonyl (C=O) groups excluding carboxylic acids is 1. The summed E-state index contributed by atoms with van der Waals surface area (Å²) >= 11 is 0. The Labute approximate surface area is 159 Å². The molecular weight excluding hydrogens is 342 g/mol. The first-order valence-electron chi connectivity index (χ1n) is 9.57. The maximum absolute atomic E-state index is 12.6. The molecule has 2 aliphatic rings. The van der Waals surface area contributed by atoms with E-state index in [0.29, 0.717) is 31.1 Å². The fourth-order valence-electron chi connectivity index (χ4n) is 3.98. The highest BCUT2D eigenvalue weighted by molar-refractivity contribution is 5.94. The van der Waals surface area contributed by atoms with Crippen LogP contribution in [0.2, 0.25) is 0 Å². The Morgan fingerprint density at radius 3 is 2.74 bits per heavy atom. The molecular formula is C21H25N3O3. The van der Waals surface area contributed by atoms with Crippen LogP contribution >= 0.6 is 0 Å². The molecule has 0 N–H and O–H groups in total. The van der Waals surface area contributed by atoms with E-state index in [-0.39, 0.29) is 17.6 Å². The molecule has 0 bridgehead atoms. The van der Waals surface area contributed by atoms with E-state index in [2.05, 4.69) is 9.97 Å². The van der Waals surface area contributed by atoms with Crippen molar-refractivity contribution in [1.29, 1.82) is 0 Å². The van der Waals surface area contributed by atoms with Gasteiger partial charge in [0.1, 0.15) is 6.10 Å². The highest BCUT2D eigenvalue weighted by Gasteiger charge is 2.42. The fourth-order valence-corrected chi connectivity index (χ4v) is 3.98. The molecule has 6 nitrogen and oxygen atoms in total. The number of likely N-dealkylation sites (tertiary alicyclic amines) is 1. The summed E-state index contributed by atoms with van der Waals surface area (Å²) in [5, 5.41) is 0. The van der Waals surface area contributed by atoms with Crippen LogP contribution in [0.5, 0.6) is 5.88 Å². The Bertz CT molecular complexity index is 788. The predicted molar refractivity (Wildman–Crippen MR) is 101 cm³/mol. The third kappa shape index (κ3) is 4.11. The van der Waals surface area contributed by atoms with Gasteiger partial charge < -0.3 is 14.4 Å². The normalized spacial score (nSPS) is 21.8. The Hall–Kier alpha value is -2.47. The molecule has 0 aromatic carbocycles. The summed E-state index contributed by atoms with van der Waals surface area (Å²) in [5.41, 5.74) is 1.45. The molecule has 0 radical (unpaired) electrons. The topological polar surface area (TPSA) is 64.6 Å². The van der Waals surface area contributed by atoms with Crippen molar-refractivity contribution in [3.63, 3.8) is 0 Å². The molecule has 1 unspecified atom stereocenters. The number of hydrogen-bond donors (Lipinski definition) is 0. The van der Waals surface area contributed by atoms with Gasteiger partial charge in [-0.25, -0.2) is 4.98 Å². The standard InChI is InChI=1S/C21H25N3O3/c1-16-3-2-4-19(23-16)27-18-7-14-26-21(15-18)8-12-24(13-9-21)20(25)17-5-10-22-11-6-17/h2-6,10-11,18H,7-9,12-15H2,1H3. The fraction of sp³-hybridized carbons (Fsp3) is 0.476. The molecule has 2 aliphatic heterocycles. The van der Waals surface area contributed by atoms with Crippen LogP contribution in [0.1, 0.15) is 41.7 Å². The van der Waals surface area contributed by atoms with Crippen LogP contribution in [0.3, 0.4) is 0 Å². The molecule has 27 heavy (non-hydrogen) atoms. The number of carbonyl (C=O) groups is 1. The van der Waals surface area contributed by atoms with Gasteiger partial charge in [-0.2, -0.15) is 0 Å². The molecule has 0 saturated carbocycles. The van der Waals surface area contributed by atoms with Crippen LogP contribution in [0.25, 0.3) is 0 Å².